The van der Waals surface area contributed by atoms with E-state index in [4.69, 9.17) is 9.11 Å². The summed E-state index contributed by atoms with van der Waals surface area (Å²) < 4.78 is 56.8. The second-order valence-electron chi connectivity index (χ2n) is 2.28. The molecule has 2 N–H and O–H groups in total. The fourth-order valence-corrected chi connectivity index (χ4v) is 1.71. The van der Waals surface area contributed by atoms with Crippen LogP contribution >= 0.6 is 0 Å². The Bertz CT molecular complexity index is 283. The van der Waals surface area contributed by atoms with Crippen molar-refractivity contribution in [3.63, 3.8) is 0 Å². The van der Waals surface area contributed by atoms with Crippen LogP contribution in [0.5, 0.6) is 0 Å². The molecule has 0 heterocycles. The zero-order valence-electron chi connectivity index (χ0n) is 6.17. The molecule has 76 valence electrons. The van der Waals surface area contributed by atoms with Crippen LogP contribution < -0.4 is 0 Å². The van der Waals surface area contributed by atoms with Crippen LogP contribution in [0.15, 0.2) is 0 Å². The first-order chi connectivity index (χ1) is 5.21. The first kappa shape index (κ1) is 16.3. The fraction of sp³-hybridized carbons (Fsp3) is 1.00. The van der Waals surface area contributed by atoms with E-state index in [9.17, 15) is 16.8 Å². The van der Waals surface area contributed by atoms with E-state index in [2.05, 4.69) is 0 Å². The maximum atomic E-state index is 10.1. The number of hydrogen-bond acceptors (Lipinski definition) is 4. The Hall–Kier alpha value is 0.820. The third kappa shape index (κ3) is 15.6. The molecule has 9 heteroatoms. The minimum atomic E-state index is -4.02. The van der Waals surface area contributed by atoms with Gasteiger partial charge < -0.3 is 0 Å². The summed E-state index contributed by atoms with van der Waals surface area (Å²) in [6, 6.07) is 0. The van der Waals surface area contributed by atoms with Gasteiger partial charge in [0.2, 0.25) is 0 Å². The van der Waals surface area contributed by atoms with Gasteiger partial charge in [0.15, 0.2) is 0 Å². The summed E-state index contributed by atoms with van der Waals surface area (Å²) in [5, 5.41) is 0. The molecule has 0 bridgehead atoms. The van der Waals surface area contributed by atoms with E-state index in [1.807, 2.05) is 0 Å². The molecule has 0 aromatic rings. The Labute approximate surface area is 99.5 Å². The molecule has 6 nitrogen and oxygen atoms in total. The summed E-state index contributed by atoms with van der Waals surface area (Å²) in [7, 11) is -8.04. The molecule has 13 heavy (non-hydrogen) atoms. The van der Waals surface area contributed by atoms with Crippen molar-refractivity contribution in [2.24, 2.45) is 0 Å². The van der Waals surface area contributed by atoms with Crippen LogP contribution in [-0.4, -0.2) is 67.0 Å². The van der Waals surface area contributed by atoms with Crippen LogP contribution in [0.4, 0.5) is 0 Å². The minimum absolute atomic E-state index is 0. The fourth-order valence-electron chi connectivity index (χ4n) is 0.569. The number of hydrogen-bond donors (Lipinski definition) is 2. The van der Waals surface area contributed by atoms with Crippen LogP contribution in [0, 0.1) is 0 Å². The molecule has 0 radical (unpaired) electrons. The number of unbranched alkanes of at least 4 members (excludes halogenated alkanes) is 1. The molecule has 0 aliphatic heterocycles. The average Bonchev–Trinajstić information content (AvgIpc) is 1.76. The Morgan fingerprint density at radius 2 is 1.00 bits per heavy atom. The summed E-state index contributed by atoms with van der Waals surface area (Å²) in [5.41, 5.74) is 0. The predicted octanol–water partition coefficient (Wildman–Crippen LogP) is -1.11. The molecule has 0 aliphatic rings. The van der Waals surface area contributed by atoms with E-state index < -0.39 is 31.7 Å². The van der Waals surface area contributed by atoms with E-state index >= 15 is 0 Å². The monoisotopic (exact) mass is 242 g/mol. The van der Waals surface area contributed by atoms with Crippen molar-refractivity contribution in [3.05, 3.63) is 0 Å². The molecule has 0 unspecified atom stereocenters. The SMILES string of the molecule is O=S(=O)(O)CCCCS(=O)(=O)O.[NaH]. The van der Waals surface area contributed by atoms with Gasteiger partial charge in [-0.25, -0.2) is 0 Å². The van der Waals surface area contributed by atoms with Crippen LogP contribution in [0.2, 0.25) is 0 Å². The van der Waals surface area contributed by atoms with Crippen molar-refractivity contribution in [3.8, 4) is 0 Å². The van der Waals surface area contributed by atoms with Gasteiger partial charge in [-0.05, 0) is 12.8 Å². The van der Waals surface area contributed by atoms with Crippen molar-refractivity contribution < 1.29 is 25.9 Å². The van der Waals surface area contributed by atoms with Crippen LogP contribution in [-0.2, 0) is 20.2 Å². The van der Waals surface area contributed by atoms with Crippen molar-refractivity contribution in [1.82, 2.24) is 0 Å². The van der Waals surface area contributed by atoms with Gasteiger partial charge in [-0.15, -0.1) is 0 Å². The third-order valence-electron chi connectivity index (χ3n) is 1.05. The molecule has 0 atom stereocenters. The van der Waals surface area contributed by atoms with Gasteiger partial charge in [-0.2, -0.15) is 16.8 Å². The quantitative estimate of drug-likeness (QED) is 0.359. The van der Waals surface area contributed by atoms with E-state index in [0.29, 0.717) is 0 Å². The zero-order chi connectivity index (χ0) is 9.83. The van der Waals surface area contributed by atoms with Gasteiger partial charge in [0.05, 0.1) is 11.5 Å². The molecular weight excluding hydrogens is 231 g/mol. The first-order valence-corrected chi connectivity index (χ1v) is 6.33. The van der Waals surface area contributed by atoms with Crippen LogP contribution in [0.1, 0.15) is 12.8 Å². The maximum absolute atomic E-state index is 10.1. The van der Waals surface area contributed by atoms with Crippen LogP contribution in [0.3, 0.4) is 0 Å². The van der Waals surface area contributed by atoms with Gasteiger partial charge in [0, 0.05) is 0 Å². The topological polar surface area (TPSA) is 109 Å². The first-order valence-electron chi connectivity index (χ1n) is 3.11. The summed E-state index contributed by atoms with van der Waals surface area (Å²) >= 11 is 0. The Balaban J connectivity index is 0. The van der Waals surface area contributed by atoms with Gasteiger partial charge in [0.25, 0.3) is 20.2 Å². The molecule has 0 rings (SSSR count). The van der Waals surface area contributed by atoms with Crippen molar-refractivity contribution in [1.29, 1.82) is 0 Å². The van der Waals surface area contributed by atoms with Gasteiger partial charge in [0.1, 0.15) is 0 Å². The van der Waals surface area contributed by atoms with E-state index in [1.165, 1.54) is 0 Å². The molecule has 0 aliphatic carbocycles. The van der Waals surface area contributed by atoms with Crippen molar-refractivity contribution in [2.45, 2.75) is 12.8 Å². The van der Waals surface area contributed by atoms with Crippen LogP contribution in [0.25, 0.3) is 0 Å². The van der Waals surface area contributed by atoms with Crippen molar-refractivity contribution >= 4 is 49.8 Å². The Morgan fingerprint density at radius 3 is 1.15 bits per heavy atom. The van der Waals surface area contributed by atoms with Crippen molar-refractivity contribution in [2.75, 3.05) is 11.5 Å². The second kappa shape index (κ2) is 6.33. The molecule has 0 aromatic heterocycles. The number of rotatable bonds is 5. The Morgan fingerprint density at radius 1 is 0.769 bits per heavy atom. The molecule has 0 fully saturated rings. The van der Waals surface area contributed by atoms with E-state index in [1.54, 1.807) is 0 Å². The standard InChI is InChI=1S/C4H10O6S2.Na.H/c5-11(6,7)3-1-2-4-12(8,9)10;;/h1-4H2,(H,5,6,7)(H,8,9,10);;. The Kier molecular flexibility index (Phi) is 7.92. The van der Waals surface area contributed by atoms with E-state index in [-0.39, 0.29) is 42.4 Å². The third-order valence-corrected chi connectivity index (χ3v) is 2.66. The molecule has 0 saturated carbocycles. The molecule has 0 aromatic carbocycles. The molecular formula is C4H11NaO6S2. The molecule has 0 amide bonds. The predicted molar refractivity (Wildman–Crippen MR) is 49.2 cm³/mol. The summed E-state index contributed by atoms with van der Waals surface area (Å²) in [4.78, 5) is 0. The average molecular weight is 242 g/mol. The molecule has 0 saturated heterocycles. The van der Waals surface area contributed by atoms with Gasteiger partial charge in [-0.3, -0.25) is 9.11 Å². The normalized spacial score (nSPS) is 12.2. The van der Waals surface area contributed by atoms with E-state index in [0.717, 1.165) is 0 Å². The summed E-state index contributed by atoms with van der Waals surface area (Å²) in [5.74, 6) is -0.967. The van der Waals surface area contributed by atoms with Gasteiger partial charge in [-0.1, -0.05) is 0 Å². The summed E-state index contributed by atoms with van der Waals surface area (Å²) in [6.07, 6.45) is 0.0250. The van der Waals surface area contributed by atoms with Gasteiger partial charge >= 0.3 is 29.6 Å². The molecule has 0 spiro atoms. The zero-order valence-corrected chi connectivity index (χ0v) is 7.81. The summed E-state index contributed by atoms with van der Waals surface area (Å²) in [6.45, 7) is 0. The second-order valence-corrected chi connectivity index (χ2v) is 5.42.